The molecule has 0 heterocycles. The monoisotopic (exact) mass is 579 g/mol. The molecule has 42 heavy (non-hydrogen) atoms. The fourth-order valence-electron chi connectivity index (χ4n) is 8.73. The second-order valence-electron chi connectivity index (χ2n) is 13.2. The number of carbonyl (C=O) groups excluding carboxylic acids is 4. The predicted molar refractivity (Wildman–Crippen MR) is 156 cm³/mol. The largest absolute Gasteiger partial charge is 0.464 e. The highest BCUT2D eigenvalue weighted by Gasteiger charge is 2.60. The molecule has 4 aliphatic carbocycles. The maximum Gasteiger partial charge on any atom is 0.331 e. The van der Waals surface area contributed by atoms with Gasteiger partial charge < -0.3 is 19.9 Å². The second-order valence-corrected chi connectivity index (χ2v) is 13.2. The first-order valence-electron chi connectivity index (χ1n) is 15.7. The summed E-state index contributed by atoms with van der Waals surface area (Å²) in [5.41, 5.74) is 1.85. The van der Waals surface area contributed by atoms with E-state index in [4.69, 9.17) is 9.47 Å². The molecular formula is C34H45NO7. The number of carbonyl (C=O) groups is 4. The molecule has 1 amide bonds. The van der Waals surface area contributed by atoms with Gasteiger partial charge in [-0.05, 0) is 86.7 Å². The third-order valence-corrected chi connectivity index (χ3v) is 11.0. The van der Waals surface area contributed by atoms with Crippen LogP contribution in [0.1, 0.15) is 96.6 Å². The van der Waals surface area contributed by atoms with Gasteiger partial charge in [-0.2, -0.15) is 0 Å². The topological polar surface area (TPSA) is 119 Å². The SMILES string of the molecule is CCOC(=O)[C@H](NC(=O)CCC(=O)O[C@@H]1CC[C@@H]2[C@@H]3CCC4=CC(=O)CC[C@]4(C)[C@H]3CC[C@@]21C)[C@H](O)c1ccccc1. The molecule has 1 aromatic carbocycles. The lowest BCUT2D eigenvalue weighted by molar-refractivity contribution is -0.160. The Hall–Kier alpha value is -3.00. The Morgan fingerprint density at radius 2 is 1.76 bits per heavy atom. The van der Waals surface area contributed by atoms with Crippen LogP contribution >= 0.6 is 0 Å². The van der Waals surface area contributed by atoms with Gasteiger partial charge in [-0.3, -0.25) is 14.4 Å². The number of amides is 1. The molecule has 0 aliphatic heterocycles. The molecule has 3 fully saturated rings. The second kappa shape index (κ2) is 12.3. The summed E-state index contributed by atoms with van der Waals surface area (Å²) >= 11 is 0. The van der Waals surface area contributed by atoms with E-state index in [1.165, 1.54) is 5.57 Å². The zero-order chi connectivity index (χ0) is 30.1. The zero-order valence-electron chi connectivity index (χ0n) is 25.1. The summed E-state index contributed by atoms with van der Waals surface area (Å²) in [6.45, 7) is 6.41. The average Bonchev–Trinajstić information content (AvgIpc) is 3.31. The molecule has 5 rings (SSSR count). The maximum atomic E-state index is 13.0. The van der Waals surface area contributed by atoms with Crippen LogP contribution in [0.25, 0.3) is 0 Å². The van der Waals surface area contributed by atoms with Gasteiger partial charge in [-0.1, -0.05) is 49.8 Å². The molecule has 0 radical (unpaired) electrons. The minimum Gasteiger partial charge on any atom is -0.464 e. The molecule has 0 spiro atoms. The van der Waals surface area contributed by atoms with Gasteiger partial charge in [0.25, 0.3) is 0 Å². The fraction of sp³-hybridized carbons (Fsp3) is 0.647. The predicted octanol–water partition coefficient (Wildman–Crippen LogP) is 4.99. The number of esters is 2. The van der Waals surface area contributed by atoms with Crippen LogP contribution in [0.3, 0.4) is 0 Å². The summed E-state index contributed by atoms with van der Waals surface area (Å²) in [6, 6.07) is 7.32. The summed E-state index contributed by atoms with van der Waals surface area (Å²) in [5, 5.41) is 13.3. The number of benzene rings is 1. The lowest BCUT2D eigenvalue weighted by atomic mass is 9.47. The number of allylic oxidation sites excluding steroid dienone is 1. The normalized spacial score (nSPS) is 33.2. The van der Waals surface area contributed by atoms with Crippen LogP contribution in [0.2, 0.25) is 0 Å². The lowest BCUT2D eigenvalue weighted by Gasteiger charge is -2.57. The molecule has 8 nitrogen and oxygen atoms in total. The van der Waals surface area contributed by atoms with Gasteiger partial charge in [0.1, 0.15) is 12.2 Å². The number of ketones is 1. The van der Waals surface area contributed by atoms with E-state index < -0.39 is 30.0 Å². The molecule has 8 atom stereocenters. The van der Waals surface area contributed by atoms with E-state index in [9.17, 15) is 24.3 Å². The van der Waals surface area contributed by atoms with Crippen LogP contribution in [-0.2, 0) is 28.7 Å². The molecule has 2 N–H and O–H groups in total. The number of hydrogen-bond donors (Lipinski definition) is 2. The average molecular weight is 580 g/mol. The third-order valence-electron chi connectivity index (χ3n) is 11.0. The fourth-order valence-corrected chi connectivity index (χ4v) is 8.73. The van der Waals surface area contributed by atoms with Gasteiger partial charge in [0.15, 0.2) is 11.8 Å². The van der Waals surface area contributed by atoms with Crippen molar-refractivity contribution in [1.29, 1.82) is 0 Å². The Kier molecular flexibility index (Phi) is 8.93. The van der Waals surface area contributed by atoms with Gasteiger partial charge in [0.05, 0.1) is 13.0 Å². The molecule has 8 heteroatoms. The first-order chi connectivity index (χ1) is 20.1. The lowest BCUT2D eigenvalue weighted by Crippen LogP contribution is -2.51. The number of nitrogens with one attached hydrogen (secondary N) is 1. The number of aliphatic hydroxyl groups excluding tert-OH is 1. The molecule has 0 bridgehead atoms. The summed E-state index contributed by atoms with van der Waals surface area (Å²) in [6.07, 6.45) is 7.81. The van der Waals surface area contributed by atoms with Gasteiger partial charge in [-0.25, -0.2) is 4.79 Å². The highest BCUT2D eigenvalue weighted by Crippen LogP contribution is 2.65. The van der Waals surface area contributed by atoms with E-state index in [0.717, 1.165) is 44.9 Å². The number of ether oxygens (including phenoxy) is 2. The van der Waals surface area contributed by atoms with Crippen molar-refractivity contribution in [2.45, 2.75) is 103 Å². The first-order valence-corrected chi connectivity index (χ1v) is 15.7. The summed E-state index contributed by atoms with van der Waals surface area (Å²) in [7, 11) is 0. The Labute approximate surface area is 248 Å². The Morgan fingerprint density at radius 1 is 1.00 bits per heavy atom. The molecule has 0 unspecified atom stereocenters. The minimum atomic E-state index is -1.28. The zero-order valence-corrected chi connectivity index (χ0v) is 25.1. The molecule has 228 valence electrons. The maximum absolute atomic E-state index is 13.0. The van der Waals surface area contributed by atoms with Gasteiger partial charge in [0, 0.05) is 18.3 Å². The van der Waals surface area contributed by atoms with E-state index in [1.807, 2.05) is 6.08 Å². The molecule has 3 saturated carbocycles. The summed E-state index contributed by atoms with van der Waals surface area (Å²) in [4.78, 5) is 50.4. The first kappa shape index (κ1) is 30.5. The van der Waals surface area contributed by atoms with E-state index >= 15 is 0 Å². The Bertz CT molecular complexity index is 1230. The van der Waals surface area contributed by atoms with Crippen molar-refractivity contribution in [3.63, 3.8) is 0 Å². The van der Waals surface area contributed by atoms with E-state index in [-0.39, 0.29) is 42.2 Å². The van der Waals surface area contributed by atoms with Crippen LogP contribution in [-0.4, -0.2) is 47.5 Å². The van der Waals surface area contributed by atoms with Crippen molar-refractivity contribution >= 4 is 23.6 Å². The van der Waals surface area contributed by atoms with Crippen LogP contribution in [0.15, 0.2) is 42.0 Å². The number of fused-ring (bicyclic) bond motifs is 5. The molecular weight excluding hydrogens is 534 g/mol. The van der Waals surface area contributed by atoms with Crippen LogP contribution in [0.4, 0.5) is 0 Å². The molecule has 4 aliphatic rings. The van der Waals surface area contributed by atoms with E-state index in [1.54, 1.807) is 37.3 Å². The van der Waals surface area contributed by atoms with Crippen molar-refractivity contribution in [2.75, 3.05) is 6.61 Å². The number of hydrogen-bond acceptors (Lipinski definition) is 7. The summed E-state index contributed by atoms with van der Waals surface area (Å²) in [5.74, 6) is 0.225. The molecule has 0 aromatic heterocycles. The Morgan fingerprint density at radius 3 is 2.50 bits per heavy atom. The highest BCUT2D eigenvalue weighted by molar-refractivity contribution is 5.91. The minimum absolute atomic E-state index is 0.0874. The highest BCUT2D eigenvalue weighted by atomic mass is 16.5. The Balaban J connectivity index is 1.17. The van der Waals surface area contributed by atoms with E-state index in [2.05, 4.69) is 19.2 Å². The van der Waals surface area contributed by atoms with Gasteiger partial charge >= 0.3 is 11.9 Å². The quantitative estimate of drug-likeness (QED) is 0.396. The smallest absolute Gasteiger partial charge is 0.331 e. The third kappa shape index (κ3) is 5.79. The summed E-state index contributed by atoms with van der Waals surface area (Å²) < 4.78 is 11.1. The van der Waals surface area contributed by atoms with Crippen molar-refractivity contribution in [1.82, 2.24) is 5.32 Å². The standard InChI is InChI=1S/C34H45NO7/c1-4-41-32(40)30(31(39)21-8-6-5-7-9-21)35-28(37)14-15-29(38)42-27-13-12-25-24-11-10-22-20-23(36)16-18-33(22,2)26(24)17-19-34(25,27)3/h5-9,20,24-27,30-31,39H,4,10-19H2,1-3H3,(H,35,37)/t24-,25+,26-,27+,30+,31+,33-,34-/m0/s1. The molecule has 0 saturated heterocycles. The van der Waals surface area contributed by atoms with Crippen LogP contribution in [0.5, 0.6) is 0 Å². The van der Waals surface area contributed by atoms with Gasteiger partial charge in [-0.15, -0.1) is 0 Å². The van der Waals surface area contributed by atoms with E-state index in [0.29, 0.717) is 29.7 Å². The van der Waals surface area contributed by atoms with Gasteiger partial charge in [0.2, 0.25) is 5.91 Å². The van der Waals surface area contributed by atoms with Crippen molar-refractivity contribution in [3.8, 4) is 0 Å². The number of rotatable bonds is 9. The number of aliphatic hydroxyl groups is 1. The van der Waals surface area contributed by atoms with Crippen molar-refractivity contribution < 1.29 is 33.8 Å². The molecule has 1 aromatic rings. The van der Waals surface area contributed by atoms with Crippen LogP contribution in [0, 0.1) is 28.6 Å². The van der Waals surface area contributed by atoms with Crippen LogP contribution < -0.4 is 5.32 Å². The van der Waals surface area contributed by atoms with Crippen molar-refractivity contribution in [3.05, 3.63) is 47.5 Å². The van der Waals surface area contributed by atoms with Crippen molar-refractivity contribution in [2.24, 2.45) is 28.6 Å².